The minimum atomic E-state index is -0.983. The first-order chi connectivity index (χ1) is 16.6. The van der Waals surface area contributed by atoms with Gasteiger partial charge in [0.05, 0.1) is 5.56 Å². The molecule has 2 atom stereocenters. The molecule has 2 heterocycles. The molecule has 0 fully saturated rings. The number of fused-ring (bicyclic) bond motifs is 2. The van der Waals surface area contributed by atoms with E-state index in [0.29, 0.717) is 12.0 Å². The Morgan fingerprint density at radius 1 is 0.765 bits per heavy atom. The highest BCUT2D eigenvalue weighted by Gasteiger charge is 2.53. The molecule has 4 aromatic carbocycles. The van der Waals surface area contributed by atoms with E-state index >= 15 is 0 Å². The maximum Gasteiger partial charge on any atom is 0.338 e. The highest BCUT2D eigenvalue weighted by atomic mass is 16.6. The average molecular weight is 448 g/mol. The molecule has 34 heavy (non-hydrogen) atoms. The van der Waals surface area contributed by atoms with Crippen molar-refractivity contribution in [2.24, 2.45) is 0 Å². The lowest BCUT2D eigenvalue weighted by molar-refractivity contribution is -0.161. The second-order valence-electron chi connectivity index (χ2n) is 9.05. The molecule has 0 unspecified atom stereocenters. The molecule has 4 nitrogen and oxygen atoms in total. The summed E-state index contributed by atoms with van der Waals surface area (Å²) in [4.78, 5) is 12.9. The molecule has 4 heteroatoms. The summed E-state index contributed by atoms with van der Waals surface area (Å²) in [7, 11) is 0. The highest BCUT2D eigenvalue weighted by molar-refractivity contribution is 5.92. The van der Waals surface area contributed by atoms with Crippen molar-refractivity contribution in [3.05, 3.63) is 137 Å². The number of benzene rings is 4. The number of carbonyl (C=O) groups excluding carboxylic acids is 1. The molecule has 0 radical (unpaired) electrons. The van der Waals surface area contributed by atoms with Gasteiger partial charge in [0, 0.05) is 17.7 Å². The lowest BCUT2D eigenvalue weighted by Gasteiger charge is -2.52. The summed E-state index contributed by atoms with van der Waals surface area (Å²) >= 11 is 0. The molecule has 1 N–H and O–H groups in total. The summed E-state index contributed by atoms with van der Waals surface area (Å²) in [5.74, 6) is -0.317. The molecule has 0 saturated heterocycles. The van der Waals surface area contributed by atoms with Crippen LogP contribution in [0.1, 0.15) is 39.5 Å². The van der Waals surface area contributed by atoms with Crippen LogP contribution in [-0.2, 0) is 21.5 Å². The van der Waals surface area contributed by atoms with E-state index in [1.54, 1.807) is 0 Å². The number of esters is 1. The van der Waals surface area contributed by atoms with E-state index in [2.05, 4.69) is 41.7 Å². The topological polar surface area (TPSA) is 47.6 Å². The Morgan fingerprint density at radius 3 is 2.06 bits per heavy atom. The summed E-state index contributed by atoms with van der Waals surface area (Å²) in [5, 5.41) is 3.59. The van der Waals surface area contributed by atoms with Gasteiger partial charge in [-0.3, -0.25) is 0 Å². The van der Waals surface area contributed by atoms with Crippen molar-refractivity contribution in [2.75, 3.05) is 5.32 Å². The van der Waals surface area contributed by atoms with E-state index in [0.717, 1.165) is 27.9 Å². The molecule has 4 aromatic rings. The van der Waals surface area contributed by atoms with Crippen LogP contribution in [0.2, 0.25) is 0 Å². The maximum atomic E-state index is 12.9. The third-order valence-electron chi connectivity index (χ3n) is 6.92. The minimum Gasteiger partial charge on any atom is -0.453 e. The SMILES string of the molecule is C[C@]1([C@H]2Cc3ccccc3C(=O)O2)Nc2ccccc2C(c2ccccc2)(c2ccccc2)O1. The van der Waals surface area contributed by atoms with Crippen LogP contribution in [0.3, 0.4) is 0 Å². The number of anilines is 1. The first-order valence-corrected chi connectivity index (χ1v) is 11.6. The molecule has 6 rings (SSSR count). The molecule has 2 aliphatic heterocycles. The zero-order chi connectivity index (χ0) is 23.2. The Morgan fingerprint density at radius 2 is 1.35 bits per heavy atom. The predicted molar refractivity (Wildman–Crippen MR) is 132 cm³/mol. The normalized spacial score (nSPS) is 22.6. The number of cyclic esters (lactones) is 1. The largest absolute Gasteiger partial charge is 0.453 e. The fraction of sp³-hybridized carbons (Fsp3) is 0.167. The van der Waals surface area contributed by atoms with E-state index in [1.807, 2.05) is 79.7 Å². The molecule has 0 bridgehead atoms. The second-order valence-corrected chi connectivity index (χ2v) is 9.05. The van der Waals surface area contributed by atoms with Gasteiger partial charge in [-0.15, -0.1) is 0 Å². The molecule has 0 aliphatic carbocycles. The Bertz CT molecular complexity index is 1310. The van der Waals surface area contributed by atoms with E-state index in [4.69, 9.17) is 9.47 Å². The smallest absolute Gasteiger partial charge is 0.338 e. The highest BCUT2D eigenvalue weighted by Crippen LogP contribution is 2.51. The Labute approximate surface area is 199 Å². The third kappa shape index (κ3) is 3.14. The van der Waals surface area contributed by atoms with Gasteiger partial charge in [-0.25, -0.2) is 4.79 Å². The maximum absolute atomic E-state index is 12.9. The van der Waals surface area contributed by atoms with Crippen molar-refractivity contribution < 1.29 is 14.3 Å². The van der Waals surface area contributed by atoms with Gasteiger partial charge >= 0.3 is 5.97 Å². The number of rotatable bonds is 3. The zero-order valence-corrected chi connectivity index (χ0v) is 18.9. The molecular formula is C30H25NO3. The van der Waals surface area contributed by atoms with Crippen LogP contribution in [0, 0.1) is 0 Å². The quantitative estimate of drug-likeness (QED) is 0.396. The van der Waals surface area contributed by atoms with Crippen LogP contribution in [0.25, 0.3) is 0 Å². The van der Waals surface area contributed by atoms with Gasteiger partial charge in [0.1, 0.15) is 5.60 Å². The third-order valence-corrected chi connectivity index (χ3v) is 6.92. The monoisotopic (exact) mass is 447 g/mol. The Hall–Kier alpha value is -3.89. The van der Waals surface area contributed by atoms with Crippen LogP contribution in [0.4, 0.5) is 5.69 Å². The standard InChI is InChI=1S/C30H25NO3/c1-29(27-20-21-12-8-9-17-24(21)28(32)33-27)31-26-19-11-10-18-25(26)30(34-29,22-13-4-2-5-14-22)23-15-6-3-7-16-23/h2-19,27,31H,20H2,1H3/t27-,29+/m1/s1. The molecule has 0 aromatic heterocycles. The van der Waals surface area contributed by atoms with Gasteiger partial charge in [-0.1, -0.05) is 97.1 Å². The Balaban J connectivity index is 1.55. The number of hydrogen-bond acceptors (Lipinski definition) is 4. The van der Waals surface area contributed by atoms with E-state index in [1.165, 1.54) is 0 Å². The number of ether oxygens (including phenoxy) is 2. The lowest BCUT2D eigenvalue weighted by Crippen LogP contribution is -2.60. The predicted octanol–water partition coefficient (Wildman–Crippen LogP) is 5.92. The van der Waals surface area contributed by atoms with Crippen molar-refractivity contribution in [3.63, 3.8) is 0 Å². The van der Waals surface area contributed by atoms with E-state index < -0.39 is 17.4 Å². The van der Waals surface area contributed by atoms with Crippen LogP contribution < -0.4 is 5.32 Å². The van der Waals surface area contributed by atoms with Crippen molar-refractivity contribution >= 4 is 11.7 Å². The minimum absolute atomic E-state index is 0.317. The van der Waals surface area contributed by atoms with Gasteiger partial charge in [0.15, 0.2) is 11.8 Å². The molecule has 0 amide bonds. The van der Waals surface area contributed by atoms with Gasteiger partial charge < -0.3 is 14.8 Å². The summed E-state index contributed by atoms with van der Waals surface area (Å²) < 4.78 is 13.2. The number of carbonyl (C=O) groups is 1. The molecule has 168 valence electrons. The summed E-state index contributed by atoms with van der Waals surface area (Å²) in [6.45, 7) is 1.98. The fourth-order valence-corrected chi connectivity index (χ4v) is 5.29. The fourth-order valence-electron chi connectivity index (χ4n) is 5.29. The number of hydrogen-bond donors (Lipinski definition) is 1. The molecular weight excluding hydrogens is 422 g/mol. The molecule has 0 spiro atoms. The summed E-state index contributed by atoms with van der Waals surface area (Å²) in [5.41, 5.74) is 3.74. The van der Waals surface area contributed by atoms with E-state index in [-0.39, 0.29) is 5.97 Å². The Kier molecular flexibility index (Phi) is 4.78. The first kappa shape index (κ1) is 20.7. The number of nitrogens with one attached hydrogen (secondary N) is 1. The van der Waals surface area contributed by atoms with Crippen molar-refractivity contribution in [1.82, 2.24) is 0 Å². The van der Waals surface area contributed by atoms with Gasteiger partial charge in [-0.2, -0.15) is 0 Å². The lowest BCUT2D eigenvalue weighted by atomic mass is 9.77. The van der Waals surface area contributed by atoms with Crippen molar-refractivity contribution in [2.45, 2.75) is 30.8 Å². The van der Waals surface area contributed by atoms with Crippen LogP contribution in [0.5, 0.6) is 0 Å². The average Bonchev–Trinajstić information content (AvgIpc) is 2.89. The van der Waals surface area contributed by atoms with Gasteiger partial charge in [0.2, 0.25) is 0 Å². The molecule has 0 saturated carbocycles. The van der Waals surface area contributed by atoms with Crippen molar-refractivity contribution in [3.8, 4) is 0 Å². The van der Waals surface area contributed by atoms with Crippen LogP contribution in [0.15, 0.2) is 109 Å². The zero-order valence-electron chi connectivity index (χ0n) is 18.9. The van der Waals surface area contributed by atoms with Crippen molar-refractivity contribution in [1.29, 1.82) is 0 Å². The molecule has 2 aliphatic rings. The van der Waals surface area contributed by atoms with Crippen LogP contribution in [-0.4, -0.2) is 17.8 Å². The van der Waals surface area contributed by atoms with Gasteiger partial charge in [0.25, 0.3) is 0 Å². The summed E-state index contributed by atoms with van der Waals surface area (Å²) in [6.07, 6.45) is 0.0443. The summed E-state index contributed by atoms with van der Waals surface area (Å²) in [6, 6.07) is 36.4. The second kappa shape index (κ2) is 7.86. The number of para-hydroxylation sites is 1. The first-order valence-electron chi connectivity index (χ1n) is 11.6. The van der Waals surface area contributed by atoms with Crippen LogP contribution >= 0.6 is 0 Å². The van der Waals surface area contributed by atoms with Gasteiger partial charge in [-0.05, 0) is 35.7 Å². The van der Waals surface area contributed by atoms with E-state index in [9.17, 15) is 4.79 Å².